The highest BCUT2D eigenvalue weighted by Gasteiger charge is 2.45. The third kappa shape index (κ3) is 7.47. The predicted octanol–water partition coefficient (Wildman–Crippen LogP) is 0.761. The van der Waals surface area contributed by atoms with Gasteiger partial charge in [-0.15, -0.1) is 0 Å². The average molecular weight is 533 g/mol. The van der Waals surface area contributed by atoms with Gasteiger partial charge in [-0.2, -0.15) is 20.5 Å². The van der Waals surface area contributed by atoms with Gasteiger partial charge < -0.3 is 34.8 Å². The Bertz CT molecular complexity index is 882. The van der Waals surface area contributed by atoms with Gasteiger partial charge in [0.05, 0.1) is 19.6 Å². The Kier molecular flexibility index (Phi) is 11.1. The molecule has 0 saturated carbocycles. The molecule has 1 aliphatic rings. The predicted molar refractivity (Wildman–Crippen MR) is 110 cm³/mol. The number of aliphatic hydroxyl groups is 3. The fourth-order valence-electron chi connectivity index (χ4n) is 3.07. The van der Waals surface area contributed by atoms with Crippen LogP contribution in [0.25, 0.3) is 0 Å². The molecule has 2 rings (SSSR count). The fraction of sp³-hybridized carbons (Fsp3) is 0.600. The van der Waals surface area contributed by atoms with Gasteiger partial charge in [-0.3, -0.25) is 9.59 Å². The number of carbonyl (C=O) groups excluding carboxylic acids is 2. The smallest absolute Gasteiger partial charge is 0.312 e. The summed E-state index contributed by atoms with van der Waals surface area (Å²) in [7, 11) is 0. The molecule has 1 aliphatic heterocycles. The van der Waals surface area contributed by atoms with Crippen LogP contribution in [0.2, 0.25) is 0 Å². The van der Waals surface area contributed by atoms with Crippen LogP contribution in [0.3, 0.4) is 0 Å². The van der Waals surface area contributed by atoms with E-state index in [4.69, 9.17) is 9.47 Å². The van der Waals surface area contributed by atoms with E-state index in [9.17, 15) is 46.9 Å². The number of hydrogen-bond acceptors (Lipinski definition) is 9. The van der Waals surface area contributed by atoms with E-state index in [2.05, 4.69) is 10.1 Å². The lowest BCUT2D eigenvalue weighted by atomic mass is 9.97. The number of amides is 1. The number of nitrogens with one attached hydrogen (secondary N) is 1. The molecule has 0 bridgehead atoms. The molecular formula is C20H24F5NO8S. The van der Waals surface area contributed by atoms with E-state index < -0.39 is 84.0 Å². The van der Waals surface area contributed by atoms with Gasteiger partial charge in [0, 0.05) is 12.7 Å². The Balaban J connectivity index is 1.75. The minimum absolute atomic E-state index is 0.0592. The maximum absolute atomic E-state index is 13.5. The number of aliphatic hydroxyl groups excluding tert-OH is 3. The lowest BCUT2D eigenvalue weighted by Crippen LogP contribution is -2.64. The molecule has 1 aromatic carbocycles. The third-order valence-corrected chi connectivity index (χ3v) is 5.87. The summed E-state index contributed by atoms with van der Waals surface area (Å²) in [4.78, 5) is 23.1. The lowest BCUT2D eigenvalue weighted by molar-refractivity contribution is -0.270. The minimum Gasteiger partial charge on any atom is -0.420 e. The van der Waals surface area contributed by atoms with E-state index in [1.54, 1.807) is 0 Å². The Labute approximate surface area is 200 Å². The number of thioether (sulfide) groups is 1. The van der Waals surface area contributed by atoms with E-state index >= 15 is 0 Å². The zero-order valence-corrected chi connectivity index (χ0v) is 19.1. The third-order valence-electron chi connectivity index (χ3n) is 4.80. The molecule has 1 fully saturated rings. The van der Waals surface area contributed by atoms with Crippen molar-refractivity contribution in [2.24, 2.45) is 0 Å². The van der Waals surface area contributed by atoms with Crippen LogP contribution in [-0.2, 0) is 19.1 Å². The van der Waals surface area contributed by atoms with Gasteiger partial charge in [-0.05, 0) is 12.2 Å². The maximum Gasteiger partial charge on any atom is 0.312 e. The Morgan fingerprint density at radius 2 is 1.60 bits per heavy atom. The molecule has 9 nitrogen and oxygen atoms in total. The molecule has 0 aromatic heterocycles. The minimum atomic E-state index is -2.36. The molecule has 1 saturated heterocycles. The van der Waals surface area contributed by atoms with Crippen molar-refractivity contribution < 1.29 is 61.1 Å². The number of carbonyl (C=O) groups is 2. The van der Waals surface area contributed by atoms with Gasteiger partial charge in [0.15, 0.2) is 6.29 Å². The largest absolute Gasteiger partial charge is 0.420 e. The molecule has 0 aliphatic carbocycles. The first kappa shape index (κ1) is 29.2. The van der Waals surface area contributed by atoms with Crippen LogP contribution in [0.15, 0.2) is 0 Å². The van der Waals surface area contributed by atoms with Gasteiger partial charge in [0.25, 0.3) is 0 Å². The molecule has 198 valence electrons. The highest BCUT2D eigenvalue weighted by Crippen LogP contribution is 2.29. The van der Waals surface area contributed by atoms with Gasteiger partial charge in [0.1, 0.15) is 24.4 Å². The summed E-state index contributed by atoms with van der Waals surface area (Å²) in [6, 6.07) is -1.09. The second-order valence-corrected chi connectivity index (χ2v) is 8.62. The van der Waals surface area contributed by atoms with Crippen molar-refractivity contribution in [2.75, 3.05) is 24.7 Å². The number of hydrogen-bond donors (Lipinski definition) is 4. The summed E-state index contributed by atoms with van der Waals surface area (Å²) in [5, 5.41) is 31.8. The monoisotopic (exact) mass is 533 g/mol. The number of rotatable bonds is 11. The molecule has 5 unspecified atom stereocenters. The SMILES string of the molecule is CC(=O)NC1C(OCCCSCCC(=O)Oc2c(F)c(F)c(F)c(F)c2F)OC(CO)C(O)C1O. The van der Waals surface area contributed by atoms with Crippen molar-refractivity contribution in [3.05, 3.63) is 29.1 Å². The number of esters is 1. The van der Waals surface area contributed by atoms with E-state index in [-0.39, 0.29) is 18.8 Å². The van der Waals surface area contributed by atoms with Crippen LogP contribution in [0.5, 0.6) is 5.75 Å². The zero-order chi connectivity index (χ0) is 26.3. The summed E-state index contributed by atoms with van der Waals surface area (Å²) < 4.78 is 81.6. The summed E-state index contributed by atoms with van der Waals surface area (Å²) >= 11 is 1.20. The molecule has 15 heteroatoms. The van der Waals surface area contributed by atoms with E-state index in [1.165, 1.54) is 18.7 Å². The summed E-state index contributed by atoms with van der Waals surface area (Å²) in [6.45, 7) is 0.660. The van der Waals surface area contributed by atoms with Gasteiger partial charge >= 0.3 is 5.97 Å². The summed E-state index contributed by atoms with van der Waals surface area (Å²) in [5.74, 6) is -14.2. The zero-order valence-electron chi connectivity index (χ0n) is 18.3. The second kappa shape index (κ2) is 13.3. The standard InChI is InChI=1S/C20H24F5NO8S/c1-8(28)26-16-18(31)17(30)9(7-27)33-20(16)32-4-2-5-35-6-3-10(29)34-19-14(24)12(22)11(21)13(23)15(19)25/h9,16-18,20,27,30-31H,2-7H2,1H3,(H,26,28). The quantitative estimate of drug-likeness (QED) is 0.0812. The molecule has 1 aromatic rings. The summed E-state index contributed by atoms with van der Waals surface area (Å²) in [5.41, 5.74) is 0. The molecule has 0 radical (unpaired) electrons. The fourth-order valence-corrected chi connectivity index (χ4v) is 3.91. The Morgan fingerprint density at radius 1 is 1.00 bits per heavy atom. The number of ether oxygens (including phenoxy) is 3. The second-order valence-electron chi connectivity index (χ2n) is 7.39. The van der Waals surface area contributed by atoms with Gasteiger partial charge in [-0.1, -0.05) is 0 Å². The Hall–Kier alpha value is -2.04. The van der Waals surface area contributed by atoms with Crippen LogP contribution < -0.4 is 10.1 Å². The first-order valence-electron chi connectivity index (χ1n) is 10.3. The lowest BCUT2D eigenvalue weighted by Gasteiger charge is -2.42. The van der Waals surface area contributed by atoms with Crippen molar-refractivity contribution >= 4 is 23.6 Å². The van der Waals surface area contributed by atoms with Crippen LogP contribution in [0.1, 0.15) is 19.8 Å². The molecule has 1 heterocycles. The van der Waals surface area contributed by atoms with Crippen LogP contribution >= 0.6 is 11.8 Å². The van der Waals surface area contributed by atoms with Gasteiger partial charge in [0.2, 0.25) is 40.7 Å². The van der Waals surface area contributed by atoms with Crippen LogP contribution in [-0.4, -0.2) is 82.6 Å². The van der Waals surface area contributed by atoms with Crippen molar-refractivity contribution in [3.8, 4) is 5.75 Å². The molecule has 0 spiro atoms. The molecule has 35 heavy (non-hydrogen) atoms. The normalized spacial score (nSPS) is 24.3. The van der Waals surface area contributed by atoms with Crippen molar-refractivity contribution in [1.82, 2.24) is 5.32 Å². The topological polar surface area (TPSA) is 135 Å². The van der Waals surface area contributed by atoms with Gasteiger partial charge in [-0.25, -0.2) is 13.2 Å². The summed E-state index contributed by atoms with van der Waals surface area (Å²) in [6.07, 6.45) is -5.19. The molecule has 5 atom stereocenters. The van der Waals surface area contributed by atoms with Crippen LogP contribution in [0, 0.1) is 29.1 Å². The highest BCUT2D eigenvalue weighted by atomic mass is 32.2. The van der Waals surface area contributed by atoms with Crippen molar-refractivity contribution in [1.29, 1.82) is 0 Å². The Morgan fingerprint density at radius 3 is 2.17 bits per heavy atom. The van der Waals surface area contributed by atoms with E-state index in [0.717, 1.165) is 0 Å². The van der Waals surface area contributed by atoms with Crippen molar-refractivity contribution in [3.63, 3.8) is 0 Å². The number of halogens is 5. The maximum atomic E-state index is 13.5. The van der Waals surface area contributed by atoms with Crippen LogP contribution in [0.4, 0.5) is 22.0 Å². The first-order chi connectivity index (χ1) is 16.5. The molecule has 1 amide bonds. The average Bonchev–Trinajstić information content (AvgIpc) is 2.82. The highest BCUT2D eigenvalue weighted by molar-refractivity contribution is 7.99. The molecular weight excluding hydrogens is 509 g/mol. The molecule has 4 N–H and O–H groups in total. The van der Waals surface area contributed by atoms with E-state index in [0.29, 0.717) is 12.2 Å². The first-order valence-corrected chi connectivity index (χ1v) is 11.5. The van der Waals surface area contributed by atoms with E-state index in [1.807, 2.05) is 0 Å². The van der Waals surface area contributed by atoms with Crippen molar-refractivity contribution in [2.45, 2.75) is 50.4 Å². The number of benzene rings is 1.